The lowest BCUT2D eigenvalue weighted by Crippen LogP contribution is -2.52. The molecule has 7 nitrogen and oxygen atoms in total. The summed E-state index contributed by atoms with van der Waals surface area (Å²) in [4.78, 5) is 32.6. The minimum atomic E-state index is -0.0495. The molecule has 0 saturated carbocycles. The molecule has 2 aromatic rings. The van der Waals surface area contributed by atoms with E-state index in [1.165, 1.54) is 5.56 Å². The second-order valence-corrected chi connectivity index (χ2v) is 10.6. The van der Waals surface area contributed by atoms with Crippen LogP contribution in [0.5, 0.6) is 5.75 Å². The number of piperidine rings is 2. The van der Waals surface area contributed by atoms with Gasteiger partial charge in [-0.3, -0.25) is 14.6 Å². The molecule has 1 N–H and O–H groups in total. The maximum Gasteiger partial charge on any atom is 0.324 e. The summed E-state index contributed by atoms with van der Waals surface area (Å²) >= 11 is 0. The number of anilines is 1. The number of hydrogen-bond acceptors (Lipinski definition) is 4. The molecule has 5 rings (SSSR count). The number of fused-ring (bicyclic) bond motifs is 1. The van der Waals surface area contributed by atoms with Crippen LogP contribution in [-0.2, 0) is 11.3 Å². The van der Waals surface area contributed by atoms with Crippen LogP contribution in [0.25, 0.3) is 0 Å². The van der Waals surface area contributed by atoms with Crippen molar-refractivity contribution < 1.29 is 14.3 Å². The van der Waals surface area contributed by atoms with Crippen molar-refractivity contribution in [2.24, 2.45) is 5.92 Å². The number of amides is 3. The Bertz CT molecular complexity index is 1060. The third kappa shape index (κ3) is 5.67. The topological polar surface area (TPSA) is 65.1 Å². The number of nitrogens with zero attached hydrogens (tertiary/aromatic N) is 3. The average molecular weight is 491 g/mol. The summed E-state index contributed by atoms with van der Waals surface area (Å²) in [5.41, 5.74) is 3.29. The molecule has 0 aromatic heterocycles. The highest BCUT2D eigenvalue weighted by molar-refractivity contribution is 5.94. The fourth-order valence-corrected chi connectivity index (χ4v) is 5.63. The van der Waals surface area contributed by atoms with Gasteiger partial charge in [0.15, 0.2) is 0 Å². The smallest absolute Gasteiger partial charge is 0.324 e. The Morgan fingerprint density at radius 1 is 0.972 bits per heavy atom. The van der Waals surface area contributed by atoms with Crippen LogP contribution >= 0.6 is 0 Å². The SMILES string of the molecule is Cc1ccc2c(c1)N(C(=O)N1CCC(C(=O)NC3CCN(Cc4ccccc4)CC3)CC1)C[C@@H](C)O2. The van der Waals surface area contributed by atoms with Crippen LogP contribution in [0.15, 0.2) is 48.5 Å². The van der Waals surface area contributed by atoms with Gasteiger partial charge in [-0.05, 0) is 62.8 Å². The highest BCUT2D eigenvalue weighted by Crippen LogP contribution is 2.35. The second kappa shape index (κ2) is 10.9. The predicted octanol–water partition coefficient (Wildman–Crippen LogP) is 4.20. The monoisotopic (exact) mass is 490 g/mol. The average Bonchev–Trinajstić information content (AvgIpc) is 2.90. The molecule has 0 radical (unpaired) electrons. The molecule has 3 amide bonds. The molecule has 0 unspecified atom stereocenters. The number of aryl methyl sites for hydroxylation is 1. The molecule has 3 aliphatic rings. The van der Waals surface area contributed by atoms with Crippen LogP contribution in [0.3, 0.4) is 0 Å². The Kier molecular flexibility index (Phi) is 7.46. The molecule has 7 heteroatoms. The summed E-state index contributed by atoms with van der Waals surface area (Å²) in [6, 6.07) is 16.8. The van der Waals surface area contributed by atoms with Crippen molar-refractivity contribution in [3.05, 3.63) is 59.7 Å². The van der Waals surface area contributed by atoms with Crippen molar-refractivity contribution in [1.29, 1.82) is 0 Å². The number of nitrogens with one attached hydrogen (secondary N) is 1. The molecule has 1 atom stereocenters. The molecule has 2 saturated heterocycles. The van der Waals surface area contributed by atoms with Crippen LogP contribution < -0.4 is 15.0 Å². The molecule has 0 spiro atoms. The van der Waals surface area contributed by atoms with Gasteiger partial charge < -0.3 is 15.0 Å². The van der Waals surface area contributed by atoms with Gasteiger partial charge in [-0.15, -0.1) is 0 Å². The highest BCUT2D eigenvalue weighted by Gasteiger charge is 2.34. The normalized spacial score (nSPS) is 21.6. The number of urea groups is 1. The van der Waals surface area contributed by atoms with Crippen molar-refractivity contribution in [2.75, 3.05) is 37.6 Å². The van der Waals surface area contributed by atoms with Crippen LogP contribution in [0.2, 0.25) is 0 Å². The zero-order valence-electron chi connectivity index (χ0n) is 21.5. The third-order valence-electron chi connectivity index (χ3n) is 7.72. The van der Waals surface area contributed by atoms with Gasteiger partial charge in [-0.2, -0.15) is 0 Å². The summed E-state index contributed by atoms with van der Waals surface area (Å²) in [5.74, 6) is 0.899. The summed E-state index contributed by atoms with van der Waals surface area (Å²) in [6.45, 7) is 8.76. The zero-order valence-corrected chi connectivity index (χ0v) is 21.5. The fourth-order valence-electron chi connectivity index (χ4n) is 5.63. The van der Waals surface area contributed by atoms with E-state index in [4.69, 9.17) is 4.74 Å². The Morgan fingerprint density at radius 2 is 1.69 bits per heavy atom. The van der Waals surface area contributed by atoms with Gasteiger partial charge in [0.1, 0.15) is 11.9 Å². The van der Waals surface area contributed by atoms with Crippen molar-refractivity contribution in [3.63, 3.8) is 0 Å². The van der Waals surface area contributed by atoms with E-state index in [-0.39, 0.29) is 30.0 Å². The molecule has 2 aromatic carbocycles. The first-order chi connectivity index (χ1) is 17.5. The molecule has 36 heavy (non-hydrogen) atoms. The number of rotatable bonds is 4. The van der Waals surface area contributed by atoms with E-state index in [1.54, 1.807) is 0 Å². The van der Waals surface area contributed by atoms with Crippen molar-refractivity contribution in [1.82, 2.24) is 15.1 Å². The van der Waals surface area contributed by atoms with Crippen LogP contribution in [0, 0.1) is 12.8 Å². The van der Waals surface area contributed by atoms with Crippen molar-refractivity contribution in [2.45, 2.75) is 58.2 Å². The minimum Gasteiger partial charge on any atom is -0.487 e. The van der Waals surface area contributed by atoms with Gasteiger partial charge in [0, 0.05) is 44.7 Å². The number of hydrogen-bond donors (Lipinski definition) is 1. The van der Waals surface area contributed by atoms with Crippen LogP contribution in [0.1, 0.15) is 43.7 Å². The van der Waals surface area contributed by atoms with Crippen molar-refractivity contribution in [3.8, 4) is 5.75 Å². The molecule has 2 fully saturated rings. The van der Waals surface area contributed by atoms with Crippen molar-refractivity contribution >= 4 is 17.6 Å². The van der Waals surface area contributed by atoms with E-state index in [2.05, 4.69) is 40.5 Å². The fraction of sp³-hybridized carbons (Fsp3) is 0.517. The summed E-state index contributed by atoms with van der Waals surface area (Å²) in [6.07, 6.45) is 3.36. The summed E-state index contributed by atoms with van der Waals surface area (Å²) in [7, 11) is 0. The Hall–Kier alpha value is -3.06. The summed E-state index contributed by atoms with van der Waals surface area (Å²) < 4.78 is 5.94. The number of carbonyl (C=O) groups excluding carboxylic acids is 2. The lowest BCUT2D eigenvalue weighted by Gasteiger charge is -2.39. The first kappa shape index (κ1) is 24.6. The van der Waals surface area contributed by atoms with E-state index < -0.39 is 0 Å². The van der Waals surface area contributed by atoms with Gasteiger partial charge in [-0.25, -0.2) is 4.79 Å². The highest BCUT2D eigenvalue weighted by atomic mass is 16.5. The van der Waals surface area contributed by atoms with E-state index in [0.717, 1.165) is 49.5 Å². The summed E-state index contributed by atoms with van der Waals surface area (Å²) in [5, 5.41) is 3.31. The molecule has 0 aliphatic carbocycles. The predicted molar refractivity (Wildman–Crippen MR) is 141 cm³/mol. The molecule has 3 aliphatic heterocycles. The van der Waals surface area contributed by atoms with E-state index in [9.17, 15) is 9.59 Å². The first-order valence-electron chi connectivity index (χ1n) is 13.4. The molecule has 0 bridgehead atoms. The Labute approximate surface area is 214 Å². The van der Waals surface area contributed by atoms with Crippen LogP contribution in [0.4, 0.5) is 10.5 Å². The number of ether oxygens (including phenoxy) is 1. The third-order valence-corrected chi connectivity index (χ3v) is 7.72. The van der Waals surface area contributed by atoms with Gasteiger partial charge in [0.25, 0.3) is 0 Å². The first-order valence-corrected chi connectivity index (χ1v) is 13.4. The van der Waals surface area contributed by atoms with Crippen LogP contribution in [-0.4, -0.2) is 66.6 Å². The number of benzene rings is 2. The maximum absolute atomic E-state index is 13.4. The Morgan fingerprint density at radius 3 is 2.42 bits per heavy atom. The molecular formula is C29H38N4O3. The number of likely N-dealkylation sites (tertiary alicyclic amines) is 2. The van der Waals surface area contributed by atoms with Gasteiger partial charge in [0.05, 0.1) is 12.2 Å². The second-order valence-electron chi connectivity index (χ2n) is 10.6. The lowest BCUT2D eigenvalue weighted by atomic mass is 9.94. The molecular weight excluding hydrogens is 452 g/mol. The molecule has 3 heterocycles. The van der Waals surface area contributed by atoms with E-state index in [1.807, 2.05) is 41.8 Å². The number of carbonyl (C=O) groups is 2. The largest absolute Gasteiger partial charge is 0.487 e. The van der Waals surface area contributed by atoms with E-state index >= 15 is 0 Å². The zero-order chi connectivity index (χ0) is 25.1. The van der Waals surface area contributed by atoms with Gasteiger partial charge in [0.2, 0.25) is 5.91 Å². The lowest BCUT2D eigenvalue weighted by molar-refractivity contribution is -0.127. The standard InChI is InChI=1S/C29H38N4O3/c1-21-8-9-27-26(18-21)33(19-22(2)36-27)29(35)32-16-10-24(11-17-32)28(34)30-25-12-14-31(15-13-25)20-23-6-4-3-5-7-23/h3-9,18,22,24-25H,10-17,19-20H2,1-2H3,(H,30,34)/t22-/m1/s1. The van der Waals surface area contributed by atoms with Gasteiger partial charge in [-0.1, -0.05) is 36.4 Å². The maximum atomic E-state index is 13.4. The molecule has 192 valence electrons. The van der Waals surface area contributed by atoms with E-state index in [0.29, 0.717) is 32.5 Å². The quantitative estimate of drug-likeness (QED) is 0.698. The van der Waals surface area contributed by atoms with Gasteiger partial charge >= 0.3 is 6.03 Å². The minimum absolute atomic E-state index is 0.0154. The Balaban J connectivity index is 1.09.